The Morgan fingerprint density at radius 1 is 1.40 bits per heavy atom. The van der Waals surface area contributed by atoms with Crippen LogP contribution in [0.15, 0.2) is 42.6 Å². The quantitative estimate of drug-likeness (QED) is 0.896. The maximum atomic E-state index is 13.0. The summed E-state index contributed by atoms with van der Waals surface area (Å²) >= 11 is 0. The van der Waals surface area contributed by atoms with Crippen molar-refractivity contribution in [2.45, 2.75) is 31.9 Å². The van der Waals surface area contributed by atoms with Crippen LogP contribution in [0, 0.1) is 5.82 Å². The zero-order valence-corrected chi connectivity index (χ0v) is 14.2. The van der Waals surface area contributed by atoms with Crippen LogP contribution in [0.3, 0.4) is 0 Å². The average molecular weight is 343 g/mol. The molecule has 5 nitrogen and oxygen atoms in total. The number of anilines is 1. The molecule has 25 heavy (non-hydrogen) atoms. The number of hydrogen-bond donors (Lipinski definition) is 2. The molecule has 2 unspecified atom stereocenters. The fourth-order valence-electron chi connectivity index (χ4n) is 3.03. The van der Waals surface area contributed by atoms with Crippen molar-refractivity contribution in [1.82, 2.24) is 9.88 Å². The van der Waals surface area contributed by atoms with Crippen molar-refractivity contribution >= 4 is 11.6 Å². The predicted octanol–water partition coefficient (Wildman–Crippen LogP) is 2.99. The molecule has 1 aliphatic rings. The first-order chi connectivity index (χ1) is 12.0. The molecule has 0 saturated carbocycles. The van der Waals surface area contributed by atoms with Gasteiger partial charge < -0.3 is 15.3 Å². The normalized spacial score (nSPS) is 18.7. The molecule has 6 heteroatoms. The van der Waals surface area contributed by atoms with Crippen molar-refractivity contribution in [3.05, 3.63) is 59.7 Å². The van der Waals surface area contributed by atoms with Gasteiger partial charge in [0.1, 0.15) is 5.82 Å². The number of nitrogens with one attached hydrogen (secondary N) is 1. The summed E-state index contributed by atoms with van der Waals surface area (Å²) in [5.41, 5.74) is 2.10. The van der Waals surface area contributed by atoms with Crippen molar-refractivity contribution in [3.8, 4) is 0 Å². The van der Waals surface area contributed by atoms with Crippen LogP contribution in [0.2, 0.25) is 0 Å². The molecular weight excluding hydrogens is 321 g/mol. The van der Waals surface area contributed by atoms with E-state index in [1.54, 1.807) is 23.1 Å². The lowest BCUT2D eigenvalue weighted by molar-refractivity contribution is 0.0474. The van der Waals surface area contributed by atoms with Gasteiger partial charge in [-0.3, -0.25) is 9.78 Å². The Labute approximate surface area is 146 Å². The number of halogens is 1. The summed E-state index contributed by atoms with van der Waals surface area (Å²) in [7, 11) is 0. The Morgan fingerprint density at radius 2 is 2.24 bits per heavy atom. The summed E-state index contributed by atoms with van der Waals surface area (Å²) in [6.45, 7) is 2.98. The number of aliphatic hydroxyl groups excluding tert-OH is 1. The third-order valence-corrected chi connectivity index (χ3v) is 4.37. The molecule has 2 heterocycles. The van der Waals surface area contributed by atoms with Crippen molar-refractivity contribution in [2.75, 3.05) is 18.4 Å². The van der Waals surface area contributed by atoms with Crippen LogP contribution in [0.4, 0.5) is 10.1 Å². The van der Waals surface area contributed by atoms with Crippen molar-refractivity contribution in [3.63, 3.8) is 0 Å². The maximum Gasteiger partial charge on any atom is 0.254 e. The van der Waals surface area contributed by atoms with E-state index in [-0.39, 0.29) is 17.8 Å². The third-order valence-electron chi connectivity index (χ3n) is 4.37. The summed E-state index contributed by atoms with van der Waals surface area (Å²) in [4.78, 5) is 18.4. The van der Waals surface area contributed by atoms with E-state index in [2.05, 4.69) is 10.3 Å². The number of likely N-dealkylation sites (tertiary alicyclic amines) is 1. The van der Waals surface area contributed by atoms with E-state index in [0.717, 1.165) is 24.2 Å². The van der Waals surface area contributed by atoms with Crippen molar-refractivity contribution in [2.24, 2.45) is 0 Å². The summed E-state index contributed by atoms with van der Waals surface area (Å²) in [5, 5.41) is 13.0. The van der Waals surface area contributed by atoms with Crippen molar-refractivity contribution in [1.29, 1.82) is 0 Å². The topological polar surface area (TPSA) is 65.5 Å². The van der Waals surface area contributed by atoms with Gasteiger partial charge in [-0.1, -0.05) is 6.07 Å². The minimum atomic E-state index is -0.441. The summed E-state index contributed by atoms with van der Waals surface area (Å²) in [6, 6.07) is 10.2. The number of carbonyl (C=O) groups is 1. The Kier molecular flexibility index (Phi) is 5.28. The lowest BCUT2D eigenvalue weighted by Gasteiger charge is -2.30. The first-order valence-corrected chi connectivity index (χ1v) is 8.48. The standard InChI is InChI=1S/C19H22FN3O2/c1-13(18-8-7-15(20)11-21-18)22-16-5-2-4-14(10-16)19(25)23-9-3-6-17(24)12-23/h2,4-5,7-8,10-11,13,17,22,24H,3,6,9,12H2,1H3. The average Bonchev–Trinajstić information content (AvgIpc) is 2.62. The number of aliphatic hydroxyl groups is 1. The second-order valence-electron chi connectivity index (χ2n) is 6.40. The van der Waals surface area contributed by atoms with Gasteiger partial charge in [-0.2, -0.15) is 0 Å². The highest BCUT2D eigenvalue weighted by Crippen LogP contribution is 2.21. The van der Waals surface area contributed by atoms with Crippen LogP contribution in [-0.4, -0.2) is 40.1 Å². The predicted molar refractivity (Wildman–Crippen MR) is 93.8 cm³/mol. The molecule has 2 N–H and O–H groups in total. The first-order valence-electron chi connectivity index (χ1n) is 8.48. The largest absolute Gasteiger partial charge is 0.391 e. The highest BCUT2D eigenvalue weighted by Gasteiger charge is 2.23. The molecule has 2 atom stereocenters. The molecule has 3 rings (SSSR count). The first kappa shape index (κ1) is 17.4. The Hall–Kier alpha value is -2.47. The molecule has 1 aromatic carbocycles. The Bertz CT molecular complexity index is 736. The van der Waals surface area contributed by atoms with Crippen LogP contribution in [0.1, 0.15) is 41.9 Å². The molecule has 1 saturated heterocycles. The molecule has 1 fully saturated rings. The van der Waals surface area contributed by atoms with Gasteiger partial charge in [0, 0.05) is 24.3 Å². The van der Waals surface area contributed by atoms with Gasteiger partial charge in [0.2, 0.25) is 0 Å². The Balaban J connectivity index is 1.70. The third kappa shape index (κ3) is 4.33. The van der Waals surface area contributed by atoms with Gasteiger partial charge in [0.25, 0.3) is 5.91 Å². The van der Waals surface area contributed by atoms with Gasteiger partial charge in [-0.05, 0) is 50.1 Å². The van der Waals surface area contributed by atoms with Crippen LogP contribution in [0.25, 0.3) is 0 Å². The smallest absolute Gasteiger partial charge is 0.254 e. The number of rotatable bonds is 4. The molecule has 0 bridgehead atoms. The number of carbonyl (C=O) groups excluding carboxylic acids is 1. The number of β-amino-alcohol motifs (C(OH)–C–C–N with tert-alkyl or cyclic N) is 1. The van der Waals surface area contributed by atoms with Crippen LogP contribution in [0.5, 0.6) is 0 Å². The fraction of sp³-hybridized carbons (Fsp3) is 0.368. The number of amides is 1. The summed E-state index contributed by atoms with van der Waals surface area (Å²) in [5.74, 6) is -0.442. The van der Waals surface area contributed by atoms with E-state index < -0.39 is 6.10 Å². The van der Waals surface area contributed by atoms with Crippen LogP contribution < -0.4 is 5.32 Å². The zero-order valence-electron chi connectivity index (χ0n) is 14.2. The highest BCUT2D eigenvalue weighted by molar-refractivity contribution is 5.95. The van der Waals surface area contributed by atoms with Gasteiger partial charge in [-0.25, -0.2) is 4.39 Å². The van der Waals surface area contributed by atoms with E-state index in [1.807, 2.05) is 19.1 Å². The van der Waals surface area contributed by atoms with E-state index in [9.17, 15) is 14.3 Å². The fourth-order valence-corrected chi connectivity index (χ4v) is 3.03. The lowest BCUT2D eigenvalue weighted by atomic mass is 10.1. The second-order valence-corrected chi connectivity index (χ2v) is 6.40. The number of pyridine rings is 1. The molecule has 2 aromatic rings. The van der Waals surface area contributed by atoms with Crippen LogP contribution in [-0.2, 0) is 0 Å². The van der Waals surface area contributed by atoms with Gasteiger partial charge >= 0.3 is 0 Å². The summed E-state index contributed by atoms with van der Waals surface area (Å²) < 4.78 is 13.0. The Morgan fingerprint density at radius 3 is 2.96 bits per heavy atom. The molecule has 0 spiro atoms. The van der Waals surface area contributed by atoms with Gasteiger partial charge in [0.05, 0.1) is 24.0 Å². The molecule has 132 valence electrons. The molecule has 0 radical (unpaired) electrons. The lowest BCUT2D eigenvalue weighted by Crippen LogP contribution is -2.42. The number of benzene rings is 1. The van der Waals surface area contributed by atoms with E-state index >= 15 is 0 Å². The summed E-state index contributed by atoms with van der Waals surface area (Å²) in [6.07, 6.45) is 2.31. The molecule has 1 amide bonds. The van der Waals surface area contributed by atoms with Crippen LogP contribution >= 0.6 is 0 Å². The second kappa shape index (κ2) is 7.61. The highest BCUT2D eigenvalue weighted by atomic mass is 19.1. The minimum absolute atomic E-state index is 0.0741. The molecular formula is C19H22FN3O2. The molecule has 1 aromatic heterocycles. The number of nitrogens with zero attached hydrogens (tertiary/aromatic N) is 2. The molecule has 0 aliphatic carbocycles. The van der Waals surface area contributed by atoms with E-state index in [4.69, 9.17) is 0 Å². The van der Waals surface area contributed by atoms with E-state index in [0.29, 0.717) is 18.7 Å². The van der Waals surface area contributed by atoms with Crippen molar-refractivity contribution < 1.29 is 14.3 Å². The number of aromatic nitrogens is 1. The van der Waals surface area contributed by atoms with Gasteiger partial charge in [-0.15, -0.1) is 0 Å². The SMILES string of the molecule is CC(Nc1cccc(C(=O)N2CCCC(O)C2)c1)c1ccc(F)cn1. The monoisotopic (exact) mass is 343 g/mol. The van der Waals surface area contributed by atoms with Gasteiger partial charge in [0.15, 0.2) is 0 Å². The minimum Gasteiger partial charge on any atom is -0.391 e. The van der Waals surface area contributed by atoms with E-state index in [1.165, 1.54) is 12.3 Å². The molecule has 1 aliphatic heterocycles. The number of hydrogen-bond acceptors (Lipinski definition) is 4. The maximum absolute atomic E-state index is 13.0. The zero-order chi connectivity index (χ0) is 17.8. The number of piperidine rings is 1.